The molecule has 0 fully saturated rings. The number of hydrogen-bond acceptors (Lipinski definition) is 2. The Bertz CT molecular complexity index is 408. The van der Waals surface area contributed by atoms with Crippen LogP contribution in [0.4, 0.5) is 0 Å². The molecule has 0 atom stereocenters. The summed E-state index contributed by atoms with van der Waals surface area (Å²) >= 11 is 11.3. The molecule has 13 heavy (non-hydrogen) atoms. The van der Waals surface area contributed by atoms with E-state index in [4.69, 9.17) is 23.2 Å². The van der Waals surface area contributed by atoms with E-state index in [0.717, 1.165) is 5.69 Å². The number of aromatic nitrogens is 3. The zero-order valence-corrected chi connectivity index (χ0v) is 8.00. The number of pyridine rings is 1. The van der Waals surface area contributed by atoms with Crippen LogP contribution < -0.4 is 0 Å². The molecule has 0 aromatic carbocycles. The van der Waals surface area contributed by atoms with E-state index in [2.05, 4.69) is 10.1 Å². The third kappa shape index (κ3) is 1.82. The minimum absolute atomic E-state index is 0.460. The fraction of sp³-hybridized carbons (Fsp3) is 0. The molecule has 0 N–H and O–H groups in total. The van der Waals surface area contributed by atoms with Gasteiger partial charge in [-0.25, -0.2) is 9.67 Å². The number of nitrogens with zero attached hydrogens (tertiary/aromatic N) is 3. The standard InChI is InChI=1S/C8H5Cl2N3/c9-6-3-12-13(5-6)7-1-2-8(10)11-4-7/h1-5H. The highest BCUT2D eigenvalue weighted by molar-refractivity contribution is 6.30. The highest BCUT2D eigenvalue weighted by Crippen LogP contribution is 2.12. The predicted molar refractivity (Wildman–Crippen MR) is 51.4 cm³/mol. The van der Waals surface area contributed by atoms with Gasteiger partial charge < -0.3 is 0 Å². The lowest BCUT2D eigenvalue weighted by Crippen LogP contribution is -1.94. The average molecular weight is 214 g/mol. The van der Waals surface area contributed by atoms with Crippen molar-refractivity contribution < 1.29 is 0 Å². The Morgan fingerprint density at radius 1 is 1.15 bits per heavy atom. The number of halogens is 2. The van der Waals surface area contributed by atoms with Gasteiger partial charge in [-0.1, -0.05) is 23.2 Å². The summed E-state index contributed by atoms with van der Waals surface area (Å²) < 4.78 is 1.63. The molecule has 66 valence electrons. The van der Waals surface area contributed by atoms with E-state index < -0.39 is 0 Å². The Morgan fingerprint density at radius 2 is 2.00 bits per heavy atom. The van der Waals surface area contributed by atoms with E-state index in [1.807, 2.05) is 6.07 Å². The van der Waals surface area contributed by atoms with Crippen LogP contribution in [-0.2, 0) is 0 Å². The first-order valence-electron chi connectivity index (χ1n) is 3.58. The van der Waals surface area contributed by atoms with Gasteiger partial charge in [0.1, 0.15) is 5.15 Å². The van der Waals surface area contributed by atoms with Gasteiger partial charge >= 0.3 is 0 Å². The van der Waals surface area contributed by atoms with Gasteiger partial charge in [0.05, 0.1) is 23.1 Å². The minimum atomic E-state index is 0.460. The smallest absolute Gasteiger partial charge is 0.129 e. The Labute approximate surface area is 84.9 Å². The van der Waals surface area contributed by atoms with Crippen LogP contribution in [-0.4, -0.2) is 14.8 Å². The van der Waals surface area contributed by atoms with Crippen LogP contribution in [0.25, 0.3) is 5.69 Å². The molecule has 0 aliphatic rings. The van der Waals surface area contributed by atoms with E-state index in [0.29, 0.717) is 10.2 Å². The highest BCUT2D eigenvalue weighted by Gasteiger charge is 1.98. The molecule has 0 bridgehead atoms. The summed E-state index contributed by atoms with van der Waals surface area (Å²) in [6.45, 7) is 0. The summed E-state index contributed by atoms with van der Waals surface area (Å²) in [5, 5.41) is 5.07. The molecule has 0 unspecified atom stereocenters. The largest absolute Gasteiger partial charge is 0.242 e. The molecule has 0 amide bonds. The molecule has 3 nitrogen and oxygen atoms in total. The van der Waals surface area contributed by atoms with Gasteiger partial charge in [0, 0.05) is 6.20 Å². The zero-order chi connectivity index (χ0) is 9.26. The van der Waals surface area contributed by atoms with Crippen LogP contribution in [0.1, 0.15) is 0 Å². The zero-order valence-electron chi connectivity index (χ0n) is 6.48. The van der Waals surface area contributed by atoms with Crippen molar-refractivity contribution in [2.45, 2.75) is 0 Å². The molecule has 2 aromatic heterocycles. The molecular formula is C8H5Cl2N3. The topological polar surface area (TPSA) is 30.7 Å². The summed E-state index contributed by atoms with van der Waals surface area (Å²) in [5.74, 6) is 0. The van der Waals surface area contributed by atoms with Crippen LogP contribution in [0, 0.1) is 0 Å². The van der Waals surface area contributed by atoms with Crippen LogP contribution in [0.2, 0.25) is 10.2 Å². The summed E-state index contributed by atoms with van der Waals surface area (Å²) in [5.41, 5.74) is 0.830. The molecule has 0 saturated heterocycles. The van der Waals surface area contributed by atoms with E-state index in [1.54, 1.807) is 29.3 Å². The van der Waals surface area contributed by atoms with Gasteiger partial charge in [0.25, 0.3) is 0 Å². The van der Waals surface area contributed by atoms with Gasteiger partial charge in [-0.2, -0.15) is 5.10 Å². The van der Waals surface area contributed by atoms with Gasteiger partial charge in [0.15, 0.2) is 0 Å². The third-order valence-corrected chi connectivity index (χ3v) is 1.95. The van der Waals surface area contributed by atoms with Crippen LogP contribution in [0.15, 0.2) is 30.7 Å². The van der Waals surface area contributed by atoms with Crippen molar-refractivity contribution in [3.63, 3.8) is 0 Å². The van der Waals surface area contributed by atoms with Crippen molar-refractivity contribution >= 4 is 23.2 Å². The SMILES string of the molecule is Clc1cnn(-c2ccc(Cl)nc2)c1. The Balaban J connectivity index is 2.41. The van der Waals surface area contributed by atoms with E-state index in [-0.39, 0.29) is 0 Å². The van der Waals surface area contributed by atoms with Crippen molar-refractivity contribution in [2.24, 2.45) is 0 Å². The molecule has 2 aromatic rings. The van der Waals surface area contributed by atoms with Gasteiger partial charge in [-0.15, -0.1) is 0 Å². The fourth-order valence-corrected chi connectivity index (χ4v) is 1.19. The Hall–Kier alpha value is -1.06. The minimum Gasteiger partial charge on any atom is -0.242 e. The molecule has 0 aliphatic heterocycles. The third-order valence-electron chi connectivity index (χ3n) is 1.53. The second-order valence-corrected chi connectivity index (χ2v) is 3.27. The lowest BCUT2D eigenvalue weighted by atomic mass is 10.4. The van der Waals surface area contributed by atoms with Gasteiger partial charge in [0.2, 0.25) is 0 Å². The molecule has 0 saturated carbocycles. The average Bonchev–Trinajstić information content (AvgIpc) is 2.53. The molecule has 0 radical (unpaired) electrons. The maximum absolute atomic E-state index is 5.71. The lowest BCUT2D eigenvalue weighted by Gasteiger charge is -1.98. The van der Waals surface area contributed by atoms with Crippen molar-refractivity contribution in [3.05, 3.63) is 40.9 Å². The lowest BCUT2D eigenvalue weighted by molar-refractivity contribution is 0.874. The van der Waals surface area contributed by atoms with E-state index in [1.165, 1.54) is 0 Å². The first-order valence-corrected chi connectivity index (χ1v) is 4.33. The normalized spacial score (nSPS) is 10.3. The summed E-state index contributed by atoms with van der Waals surface area (Å²) in [6, 6.07) is 3.52. The van der Waals surface area contributed by atoms with Crippen LogP contribution >= 0.6 is 23.2 Å². The van der Waals surface area contributed by atoms with Gasteiger partial charge in [-0.3, -0.25) is 0 Å². The van der Waals surface area contributed by atoms with E-state index >= 15 is 0 Å². The Morgan fingerprint density at radius 3 is 2.54 bits per heavy atom. The first kappa shape index (κ1) is 8.53. The van der Waals surface area contributed by atoms with Gasteiger partial charge in [-0.05, 0) is 12.1 Å². The highest BCUT2D eigenvalue weighted by atomic mass is 35.5. The first-order chi connectivity index (χ1) is 6.25. The molecule has 5 heteroatoms. The monoisotopic (exact) mass is 213 g/mol. The van der Waals surface area contributed by atoms with Crippen molar-refractivity contribution in [1.82, 2.24) is 14.8 Å². The summed E-state index contributed by atoms with van der Waals surface area (Å²) in [6.07, 6.45) is 4.90. The van der Waals surface area contributed by atoms with Crippen molar-refractivity contribution in [3.8, 4) is 5.69 Å². The quantitative estimate of drug-likeness (QED) is 0.683. The summed E-state index contributed by atoms with van der Waals surface area (Å²) in [7, 11) is 0. The predicted octanol–water partition coefficient (Wildman–Crippen LogP) is 2.57. The summed E-state index contributed by atoms with van der Waals surface area (Å²) in [4.78, 5) is 3.93. The molecule has 0 aliphatic carbocycles. The molecule has 2 rings (SSSR count). The second-order valence-electron chi connectivity index (χ2n) is 2.44. The second kappa shape index (κ2) is 3.36. The Kier molecular flexibility index (Phi) is 2.20. The molecule has 0 spiro atoms. The number of rotatable bonds is 1. The fourth-order valence-electron chi connectivity index (χ4n) is 0.946. The van der Waals surface area contributed by atoms with Crippen LogP contribution in [0.5, 0.6) is 0 Å². The van der Waals surface area contributed by atoms with Crippen LogP contribution in [0.3, 0.4) is 0 Å². The maximum Gasteiger partial charge on any atom is 0.129 e. The molecular weight excluding hydrogens is 209 g/mol. The van der Waals surface area contributed by atoms with E-state index in [9.17, 15) is 0 Å². The van der Waals surface area contributed by atoms with Crippen molar-refractivity contribution in [1.29, 1.82) is 0 Å². The number of hydrogen-bond donors (Lipinski definition) is 0. The maximum atomic E-state index is 5.71. The van der Waals surface area contributed by atoms with Crippen molar-refractivity contribution in [2.75, 3.05) is 0 Å². The molecule has 2 heterocycles.